The molecule has 0 saturated carbocycles. The fraction of sp³-hybridized carbons (Fsp3) is 0.412. The zero-order valence-corrected chi connectivity index (χ0v) is 13.9. The van der Waals surface area contributed by atoms with Gasteiger partial charge in [0, 0.05) is 42.2 Å². The fourth-order valence-electron chi connectivity index (χ4n) is 2.74. The average Bonchev–Trinajstić information content (AvgIpc) is 3.06. The van der Waals surface area contributed by atoms with Gasteiger partial charge in [0.15, 0.2) is 5.75 Å². The molecule has 2 aromatic heterocycles. The van der Waals surface area contributed by atoms with Crippen LogP contribution in [0.4, 0.5) is 0 Å². The molecule has 1 N–H and O–H groups in total. The lowest BCUT2D eigenvalue weighted by Gasteiger charge is -2.12. The van der Waals surface area contributed by atoms with Crippen molar-refractivity contribution >= 4 is 7.12 Å². The third-order valence-corrected chi connectivity index (χ3v) is 4.01. The Labute approximate surface area is 142 Å². The lowest BCUT2D eigenvalue weighted by atomic mass is 9.80. The molecule has 3 rings (SSSR count). The van der Waals surface area contributed by atoms with Crippen LogP contribution < -0.4 is 9.47 Å². The molecule has 1 fully saturated rings. The standard InChI is InChI=1S/C17H21BN2O4/c1-3-4-23-16-6-14(10-20-17(16)22-2)12-5-13(9-19-8-12)15-7-18(21)24-11-15/h5-6,8-10,15,21H,3-4,7,11H2,1-2H3/t15-/m0/s1. The summed E-state index contributed by atoms with van der Waals surface area (Å²) >= 11 is 0. The summed E-state index contributed by atoms with van der Waals surface area (Å²) in [6, 6.07) is 3.98. The van der Waals surface area contributed by atoms with Crippen molar-refractivity contribution in [2.75, 3.05) is 20.3 Å². The van der Waals surface area contributed by atoms with Crippen molar-refractivity contribution in [3.05, 3.63) is 36.3 Å². The van der Waals surface area contributed by atoms with E-state index in [2.05, 4.69) is 23.0 Å². The summed E-state index contributed by atoms with van der Waals surface area (Å²) in [5.41, 5.74) is 2.91. The molecule has 3 heterocycles. The van der Waals surface area contributed by atoms with E-state index in [1.165, 1.54) is 0 Å². The quantitative estimate of drug-likeness (QED) is 0.822. The molecule has 0 radical (unpaired) electrons. The molecule has 2 aromatic rings. The molecule has 7 heteroatoms. The predicted octanol–water partition coefficient (Wildman–Crippen LogP) is 2.54. The van der Waals surface area contributed by atoms with Gasteiger partial charge in [-0.1, -0.05) is 6.92 Å². The molecule has 0 amide bonds. The van der Waals surface area contributed by atoms with Gasteiger partial charge in [0.2, 0.25) is 0 Å². The molecule has 0 aliphatic carbocycles. The van der Waals surface area contributed by atoms with Crippen LogP contribution in [0.15, 0.2) is 30.7 Å². The molecule has 1 saturated heterocycles. The van der Waals surface area contributed by atoms with E-state index < -0.39 is 7.12 Å². The molecule has 0 spiro atoms. The van der Waals surface area contributed by atoms with Gasteiger partial charge in [0.1, 0.15) is 0 Å². The van der Waals surface area contributed by atoms with Gasteiger partial charge in [0.25, 0.3) is 5.88 Å². The third kappa shape index (κ3) is 3.68. The number of ether oxygens (including phenoxy) is 2. The molecule has 6 nitrogen and oxygen atoms in total. The highest BCUT2D eigenvalue weighted by Crippen LogP contribution is 2.33. The SMILES string of the molecule is CCCOc1cc(-c2cncc([C@@H]3COB(O)C3)c2)cnc1OC. The van der Waals surface area contributed by atoms with Crippen LogP contribution in [-0.4, -0.2) is 42.4 Å². The first-order valence-corrected chi connectivity index (χ1v) is 8.13. The van der Waals surface area contributed by atoms with Gasteiger partial charge in [-0.15, -0.1) is 0 Å². The number of methoxy groups -OCH3 is 1. The van der Waals surface area contributed by atoms with Gasteiger partial charge >= 0.3 is 7.12 Å². The molecule has 0 unspecified atom stereocenters. The van der Waals surface area contributed by atoms with E-state index in [9.17, 15) is 5.02 Å². The highest BCUT2D eigenvalue weighted by Gasteiger charge is 2.30. The molecular weight excluding hydrogens is 307 g/mol. The highest BCUT2D eigenvalue weighted by atomic mass is 16.5. The van der Waals surface area contributed by atoms with Crippen molar-refractivity contribution in [3.8, 4) is 22.8 Å². The van der Waals surface area contributed by atoms with Gasteiger partial charge in [-0.05, 0) is 30.4 Å². The van der Waals surface area contributed by atoms with Crippen LogP contribution in [0.3, 0.4) is 0 Å². The van der Waals surface area contributed by atoms with E-state index in [0.717, 1.165) is 23.1 Å². The van der Waals surface area contributed by atoms with Crippen molar-refractivity contribution in [1.82, 2.24) is 9.97 Å². The van der Waals surface area contributed by atoms with E-state index >= 15 is 0 Å². The maximum Gasteiger partial charge on any atom is 0.454 e. The van der Waals surface area contributed by atoms with Gasteiger partial charge in [-0.25, -0.2) is 4.98 Å². The minimum absolute atomic E-state index is 0.162. The minimum atomic E-state index is -0.685. The predicted molar refractivity (Wildman–Crippen MR) is 91.3 cm³/mol. The molecule has 0 aromatic carbocycles. The summed E-state index contributed by atoms with van der Waals surface area (Å²) in [7, 11) is 0.893. The van der Waals surface area contributed by atoms with Crippen LogP contribution in [0, 0.1) is 0 Å². The molecule has 0 bridgehead atoms. The number of rotatable bonds is 6. The summed E-state index contributed by atoms with van der Waals surface area (Å²) in [4.78, 5) is 8.65. The summed E-state index contributed by atoms with van der Waals surface area (Å²) in [6.07, 6.45) is 6.87. The first-order valence-electron chi connectivity index (χ1n) is 8.13. The third-order valence-electron chi connectivity index (χ3n) is 4.01. The first-order chi connectivity index (χ1) is 11.7. The Morgan fingerprint density at radius 1 is 1.29 bits per heavy atom. The Bertz CT molecular complexity index is 698. The number of hydrogen-bond acceptors (Lipinski definition) is 6. The zero-order valence-electron chi connectivity index (χ0n) is 13.9. The van der Waals surface area contributed by atoms with Gasteiger partial charge in [-0.2, -0.15) is 0 Å². The normalized spacial score (nSPS) is 17.1. The lowest BCUT2D eigenvalue weighted by molar-refractivity contribution is 0.289. The topological polar surface area (TPSA) is 73.7 Å². The molecule has 126 valence electrons. The van der Waals surface area contributed by atoms with Crippen LogP contribution in [0.5, 0.6) is 11.6 Å². The number of nitrogens with zero attached hydrogens (tertiary/aromatic N) is 2. The Morgan fingerprint density at radius 3 is 2.83 bits per heavy atom. The van der Waals surface area contributed by atoms with Crippen LogP contribution >= 0.6 is 0 Å². The first kappa shape index (κ1) is 16.7. The second-order valence-electron chi connectivity index (χ2n) is 5.81. The van der Waals surface area contributed by atoms with E-state index in [1.807, 2.05) is 12.3 Å². The second kappa shape index (κ2) is 7.64. The fourth-order valence-corrected chi connectivity index (χ4v) is 2.74. The summed E-state index contributed by atoms with van der Waals surface area (Å²) in [6.45, 7) is 3.17. The summed E-state index contributed by atoms with van der Waals surface area (Å²) < 4.78 is 16.2. The molecule has 1 atom stereocenters. The Morgan fingerprint density at radius 2 is 2.12 bits per heavy atom. The molecule has 1 aliphatic heterocycles. The van der Waals surface area contributed by atoms with Crippen LogP contribution in [-0.2, 0) is 4.65 Å². The minimum Gasteiger partial charge on any atom is -0.488 e. The highest BCUT2D eigenvalue weighted by molar-refractivity contribution is 6.43. The van der Waals surface area contributed by atoms with E-state index in [4.69, 9.17) is 14.1 Å². The number of aromatic nitrogens is 2. The molecule has 1 aliphatic rings. The van der Waals surface area contributed by atoms with Crippen LogP contribution in [0.2, 0.25) is 6.32 Å². The number of hydrogen-bond donors (Lipinski definition) is 1. The van der Waals surface area contributed by atoms with Crippen molar-refractivity contribution in [1.29, 1.82) is 0 Å². The second-order valence-corrected chi connectivity index (χ2v) is 5.81. The van der Waals surface area contributed by atoms with Crippen molar-refractivity contribution < 1.29 is 19.2 Å². The largest absolute Gasteiger partial charge is 0.488 e. The Hall–Kier alpha value is -2.12. The van der Waals surface area contributed by atoms with E-state index in [0.29, 0.717) is 31.2 Å². The molecular formula is C17H21BN2O4. The maximum atomic E-state index is 9.54. The Kier molecular flexibility index (Phi) is 5.32. The maximum absolute atomic E-state index is 9.54. The summed E-state index contributed by atoms with van der Waals surface area (Å²) in [5.74, 6) is 1.26. The van der Waals surface area contributed by atoms with Gasteiger partial charge < -0.3 is 19.2 Å². The van der Waals surface area contributed by atoms with E-state index in [1.54, 1.807) is 19.5 Å². The lowest BCUT2D eigenvalue weighted by Crippen LogP contribution is -2.07. The smallest absolute Gasteiger partial charge is 0.454 e. The van der Waals surface area contributed by atoms with Crippen LogP contribution in [0.25, 0.3) is 11.1 Å². The zero-order chi connectivity index (χ0) is 16.9. The average molecular weight is 328 g/mol. The number of pyridine rings is 2. The van der Waals surface area contributed by atoms with Crippen molar-refractivity contribution in [2.45, 2.75) is 25.6 Å². The van der Waals surface area contributed by atoms with Crippen molar-refractivity contribution in [3.63, 3.8) is 0 Å². The van der Waals surface area contributed by atoms with Crippen LogP contribution in [0.1, 0.15) is 24.8 Å². The van der Waals surface area contributed by atoms with Gasteiger partial charge in [0.05, 0.1) is 13.7 Å². The van der Waals surface area contributed by atoms with Crippen molar-refractivity contribution in [2.24, 2.45) is 0 Å². The molecule has 24 heavy (non-hydrogen) atoms. The van der Waals surface area contributed by atoms with Gasteiger partial charge in [-0.3, -0.25) is 4.98 Å². The monoisotopic (exact) mass is 328 g/mol. The summed E-state index contributed by atoms with van der Waals surface area (Å²) in [5, 5.41) is 9.54. The Balaban J connectivity index is 1.88. The van der Waals surface area contributed by atoms with E-state index in [-0.39, 0.29) is 5.92 Å².